The number of nitrogens with zero attached hydrogens (tertiary/aromatic N) is 1. The molecule has 0 unspecified atom stereocenters. The molecule has 0 fully saturated rings. The topological polar surface area (TPSA) is 34.1 Å². The molecule has 2 rings (SSSR count). The maximum Gasteiger partial charge on any atom is 0.101 e. The Morgan fingerprint density at radius 2 is 2.19 bits per heavy atom. The lowest BCUT2D eigenvalue weighted by Crippen LogP contribution is -2.18. The van der Waals surface area contributed by atoms with Crippen LogP contribution in [0.15, 0.2) is 50.9 Å². The average molecular weight is 388 g/mol. The summed E-state index contributed by atoms with van der Waals surface area (Å²) in [5, 5.41) is 4.94. The van der Waals surface area contributed by atoms with Crippen molar-refractivity contribution in [2.45, 2.75) is 16.5 Å². The molecule has 1 N–H and O–H groups in total. The van der Waals surface area contributed by atoms with Gasteiger partial charge in [0.1, 0.15) is 5.03 Å². The predicted molar refractivity (Wildman–Crippen MR) is 91.1 cm³/mol. The fraction of sp³-hybridized carbons (Fsp3) is 0.267. The van der Waals surface area contributed by atoms with Crippen LogP contribution in [0.5, 0.6) is 0 Å². The quantitative estimate of drug-likeness (QED) is 0.715. The Kier molecular flexibility index (Phi) is 6.99. The lowest BCUT2D eigenvalue weighted by molar-refractivity contribution is 0.199. The third-order valence-corrected chi connectivity index (χ3v) is 4.51. The van der Waals surface area contributed by atoms with E-state index in [0.717, 1.165) is 22.6 Å². The lowest BCUT2D eigenvalue weighted by atomic mass is 10.2. The zero-order valence-corrected chi connectivity index (χ0v) is 14.8. The predicted octanol–water partition coefficient (Wildman–Crippen LogP) is 4.38. The summed E-state index contributed by atoms with van der Waals surface area (Å²) < 4.78 is 6.09. The minimum Gasteiger partial charge on any atom is -0.383 e. The summed E-state index contributed by atoms with van der Waals surface area (Å²) in [6.07, 6.45) is 1.67. The Bertz CT molecular complexity index is 580. The Balaban J connectivity index is 2.09. The number of nitrogens with one attached hydrogen (secondary N) is 1. The average Bonchev–Trinajstić information content (AvgIpc) is 2.48. The molecule has 1 aromatic heterocycles. The van der Waals surface area contributed by atoms with Gasteiger partial charge in [-0.15, -0.1) is 0 Å². The summed E-state index contributed by atoms with van der Waals surface area (Å²) in [7, 11) is 1.70. The van der Waals surface area contributed by atoms with Crippen molar-refractivity contribution < 1.29 is 4.74 Å². The molecular weight excluding hydrogens is 372 g/mol. The van der Waals surface area contributed by atoms with E-state index in [1.807, 2.05) is 18.2 Å². The van der Waals surface area contributed by atoms with E-state index >= 15 is 0 Å². The van der Waals surface area contributed by atoms with Crippen LogP contribution in [0.1, 0.15) is 5.56 Å². The van der Waals surface area contributed by atoms with Gasteiger partial charge in [-0.25, -0.2) is 4.98 Å². The Morgan fingerprint density at radius 3 is 2.90 bits per heavy atom. The molecule has 0 aliphatic carbocycles. The standard InChI is InChI=1S/C15H16BrClN2OS/c1-20-7-6-18-9-11-2-3-12(16)8-14(11)21-15-5-4-13(17)10-19-15/h2-5,8,10,18H,6-7,9H2,1H3. The second kappa shape index (κ2) is 8.76. The van der Waals surface area contributed by atoms with E-state index < -0.39 is 0 Å². The molecule has 2 aromatic rings. The van der Waals surface area contributed by atoms with Crippen LogP contribution in [-0.4, -0.2) is 25.2 Å². The van der Waals surface area contributed by atoms with Crippen molar-refractivity contribution in [2.75, 3.05) is 20.3 Å². The highest BCUT2D eigenvalue weighted by molar-refractivity contribution is 9.10. The van der Waals surface area contributed by atoms with Gasteiger partial charge in [0.25, 0.3) is 0 Å². The summed E-state index contributed by atoms with van der Waals surface area (Å²) in [5.74, 6) is 0. The van der Waals surface area contributed by atoms with Gasteiger partial charge in [0.2, 0.25) is 0 Å². The van der Waals surface area contributed by atoms with Crippen molar-refractivity contribution >= 4 is 39.3 Å². The van der Waals surface area contributed by atoms with Gasteiger partial charge in [-0.3, -0.25) is 0 Å². The Hall–Kier alpha value is -0.590. The van der Waals surface area contributed by atoms with Crippen molar-refractivity contribution in [1.29, 1.82) is 0 Å². The van der Waals surface area contributed by atoms with Crippen LogP contribution in [-0.2, 0) is 11.3 Å². The largest absolute Gasteiger partial charge is 0.383 e. The minimum absolute atomic E-state index is 0.648. The van der Waals surface area contributed by atoms with Gasteiger partial charge in [0.05, 0.1) is 11.6 Å². The summed E-state index contributed by atoms with van der Waals surface area (Å²) in [5.41, 5.74) is 1.23. The molecule has 0 bridgehead atoms. The van der Waals surface area contributed by atoms with Crippen LogP contribution in [0.2, 0.25) is 5.02 Å². The monoisotopic (exact) mass is 386 g/mol. The molecule has 0 aliphatic rings. The molecule has 1 aromatic carbocycles. The molecule has 3 nitrogen and oxygen atoms in total. The molecule has 0 aliphatic heterocycles. The Labute approximate surface area is 142 Å². The number of hydrogen-bond donors (Lipinski definition) is 1. The van der Waals surface area contributed by atoms with Crippen molar-refractivity contribution in [3.05, 3.63) is 51.6 Å². The second-order valence-electron chi connectivity index (χ2n) is 4.34. The fourth-order valence-corrected chi connectivity index (χ4v) is 3.25. The normalized spacial score (nSPS) is 10.8. The SMILES string of the molecule is COCCNCc1ccc(Br)cc1Sc1ccc(Cl)cn1. The summed E-state index contributed by atoms with van der Waals surface area (Å²) >= 11 is 11.0. The minimum atomic E-state index is 0.648. The van der Waals surface area contributed by atoms with Crippen LogP contribution >= 0.6 is 39.3 Å². The lowest BCUT2D eigenvalue weighted by Gasteiger charge is -2.10. The van der Waals surface area contributed by atoms with Crippen molar-refractivity contribution in [2.24, 2.45) is 0 Å². The van der Waals surface area contributed by atoms with E-state index in [1.165, 1.54) is 10.5 Å². The highest BCUT2D eigenvalue weighted by atomic mass is 79.9. The van der Waals surface area contributed by atoms with E-state index in [-0.39, 0.29) is 0 Å². The summed E-state index contributed by atoms with van der Waals surface area (Å²) in [6.45, 7) is 2.33. The molecule has 0 radical (unpaired) electrons. The highest BCUT2D eigenvalue weighted by Gasteiger charge is 2.06. The molecule has 0 atom stereocenters. The second-order valence-corrected chi connectivity index (χ2v) is 6.75. The molecule has 1 heterocycles. The first-order chi connectivity index (χ1) is 10.2. The zero-order chi connectivity index (χ0) is 15.1. The van der Waals surface area contributed by atoms with Crippen LogP contribution in [0.25, 0.3) is 0 Å². The van der Waals surface area contributed by atoms with Gasteiger partial charge in [-0.2, -0.15) is 0 Å². The number of hydrogen-bond acceptors (Lipinski definition) is 4. The number of pyridine rings is 1. The number of aromatic nitrogens is 1. The van der Waals surface area contributed by atoms with Gasteiger partial charge in [0, 0.05) is 35.8 Å². The van der Waals surface area contributed by atoms with Crippen LogP contribution in [0, 0.1) is 0 Å². The molecule has 112 valence electrons. The molecule has 0 saturated heterocycles. The molecule has 0 saturated carbocycles. The first-order valence-corrected chi connectivity index (χ1v) is 8.45. The fourth-order valence-electron chi connectivity index (χ4n) is 1.70. The summed E-state index contributed by atoms with van der Waals surface area (Å²) in [4.78, 5) is 5.50. The van der Waals surface area contributed by atoms with Crippen LogP contribution in [0.4, 0.5) is 0 Å². The van der Waals surface area contributed by atoms with E-state index in [2.05, 4.69) is 38.4 Å². The van der Waals surface area contributed by atoms with Gasteiger partial charge >= 0.3 is 0 Å². The first-order valence-electron chi connectivity index (χ1n) is 6.46. The third-order valence-electron chi connectivity index (χ3n) is 2.74. The smallest absolute Gasteiger partial charge is 0.101 e. The molecule has 0 spiro atoms. The number of rotatable bonds is 7. The molecule has 21 heavy (non-hydrogen) atoms. The Morgan fingerprint density at radius 1 is 1.33 bits per heavy atom. The highest BCUT2D eigenvalue weighted by Crippen LogP contribution is 2.31. The number of ether oxygens (including phenoxy) is 1. The van der Waals surface area contributed by atoms with Gasteiger partial charge in [-0.05, 0) is 29.8 Å². The maximum absolute atomic E-state index is 5.87. The van der Waals surface area contributed by atoms with Gasteiger partial charge < -0.3 is 10.1 Å². The molecule has 0 amide bonds. The first kappa shape index (κ1) is 16.8. The van der Waals surface area contributed by atoms with E-state index in [1.54, 1.807) is 25.1 Å². The molecule has 6 heteroatoms. The van der Waals surface area contributed by atoms with Crippen molar-refractivity contribution in [1.82, 2.24) is 10.3 Å². The van der Waals surface area contributed by atoms with E-state index in [0.29, 0.717) is 11.6 Å². The van der Waals surface area contributed by atoms with Gasteiger partial charge in [0.15, 0.2) is 0 Å². The number of halogens is 2. The van der Waals surface area contributed by atoms with E-state index in [4.69, 9.17) is 16.3 Å². The number of methoxy groups -OCH3 is 1. The van der Waals surface area contributed by atoms with E-state index in [9.17, 15) is 0 Å². The van der Waals surface area contributed by atoms with Crippen molar-refractivity contribution in [3.63, 3.8) is 0 Å². The summed E-state index contributed by atoms with van der Waals surface area (Å²) in [6, 6.07) is 10.0. The zero-order valence-electron chi connectivity index (χ0n) is 11.6. The number of benzene rings is 1. The third kappa shape index (κ3) is 5.60. The molecular formula is C15H16BrClN2OS. The van der Waals surface area contributed by atoms with Crippen LogP contribution < -0.4 is 5.32 Å². The maximum atomic E-state index is 5.87. The van der Waals surface area contributed by atoms with Crippen molar-refractivity contribution in [3.8, 4) is 0 Å². The van der Waals surface area contributed by atoms with Gasteiger partial charge in [-0.1, -0.05) is 45.4 Å². The van der Waals surface area contributed by atoms with Crippen LogP contribution in [0.3, 0.4) is 0 Å².